The van der Waals surface area contributed by atoms with E-state index >= 15 is 0 Å². The topological polar surface area (TPSA) is 58.6 Å². The molecule has 0 atom stereocenters. The van der Waals surface area contributed by atoms with E-state index in [9.17, 15) is 4.79 Å². The maximum Gasteiger partial charge on any atom is 0.409 e. The number of carbonyl (C=O) groups excluding carboxylic acids is 1. The lowest BCUT2D eigenvalue weighted by Gasteiger charge is -2.34. The number of aromatic nitrogens is 2. The Hall–Kier alpha value is -2.63. The van der Waals surface area contributed by atoms with E-state index in [1.54, 1.807) is 4.90 Å². The summed E-state index contributed by atoms with van der Waals surface area (Å²) in [5.41, 5.74) is 1.92. The quantitative estimate of drug-likeness (QED) is 0.782. The number of unbranched alkanes of at least 4 members (excludes halogenated alkanes) is 1. The third kappa shape index (κ3) is 4.47. The first-order chi connectivity index (χ1) is 12.3. The fourth-order valence-corrected chi connectivity index (χ4v) is 2.77. The lowest BCUT2D eigenvalue weighted by atomic mass is 10.1. The molecule has 1 saturated heterocycles. The second-order valence-electron chi connectivity index (χ2n) is 6.08. The number of ether oxygens (including phenoxy) is 1. The summed E-state index contributed by atoms with van der Waals surface area (Å²) < 4.78 is 5.27. The summed E-state index contributed by atoms with van der Waals surface area (Å²) in [6.07, 6.45) is 1.73. The maximum atomic E-state index is 12.0. The molecule has 1 fully saturated rings. The monoisotopic (exact) mass is 340 g/mol. The van der Waals surface area contributed by atoms with E-state index in [1.807, 2.05) is 42.5 Å². The van der Waals surface area contributed by atoms with Gasteiger partial charge in [-0.2, -0.15) is 0 Å². The van der Waals surface area contributed by atoms with E-state index < -0.39 is 0 Å². The number of amides is 1. The molecule has 1 aliphatic rings. The van der Waals surface area contributed by atoms with E-state index in [2.05, 4.69) is 22.0 Å². The van der Waals surface area contributed by atoms with Crippen molar-refractivity contribution < 1.29 is 9.53 Å². The zero-order valence-corrected chi connectivity index (χ0v) is 14.6. The van der Waals surface area contributed by atoms with Gasteiger partial charge in [-0.3, -0.25) is 0 Å². The van der Waals surface area contributed by atoms with Crippen LogP contribution in [-0.4, -0.2) is 54.0 Å². The second-order valence-corrected chi connectivity index (χ2v) is 6.08. The van der Waals surface area contributed by atoms with E-state index in [0.717, 1.165) is 43.0 Å². The largest absolute Gasteiger partial charge is 0.449 e. The fourth-order valence-electron chi connectivity index (χ4n) is 2.77. The molecule has 132 valence electrons. The molecule has 6 nitrogen and oxygen atoms in total. The molecule has 25 heavy (non-hydrogen) atoms. The molecular weight excluding hydrogens is 316 g/mol. The van der Waals surface area contributed by atoms with Gasteiger partial charge in [-0.25, -0.2) is 4.79 Å². The van der Waals surface area contributed by atoms with E-state index in [0.29, 0.717) is 19.7 Å². The first kappa shape index (κ1) is 17.2. The number of hydrogen-bond acceptors (Lipinski definition) is 5. The van der Waals surface area contributed by atoms with Gasteiger partial charge in [0.2, 0.25) is 0 Å². The Morgan fingerprint density at radius 3 is 2.44 bits per heavy atom. The Bertz CT molecular complexity index is 668. The van der Waals surface area contributed by atoms with Crippen LogP contribution in [0.3, 0.4) is 0 Å². The number of rotatable bonds is 5. The Kier molecular flexibility index (Phi) is 5.82. The average molecular weight is 340 g/mol. The van der Waals surface area contributed by atoms with Crippen molar-refractivity contribution >= 4 is 11.9 Å². The van der Waals surface area contributed by atoms with Crippen molar-refractivity contribution in [3.63, 3.8) is 0 Å². The fraction of sp³-hybridized carbons (Fsp3) is 0.421. The molecule has 0 aliphatic carbocycles. The normalized spacial score (nSPS) is 14.4. The number of piperazine rings is 1. The standard InChI is InChI=1S/C19H24N4O2/c1-2-3-15-25-19(24)23-13-11-22(12-14-23)18-10-9-17(20-21-18)16-7-5-4-6-8-16/h4-10H,2-3,11-15H2,1H3. The molecule has 0 spiro atoms. The van der Waals surface area contributed by atoms with E-state index in [1.165, 1.54) is 0 Å². The van der Waals surface area contributed by atoms with Crippen LogP contribution in [0.15, 0.2) is 42.5 Å². The van der Waals surface area contributed by atoms with Crippen LogP contribution in [-0.2, 0) is 4.74 Å². The Morgan fingerprint density at radius 1 is 1.04 bits per heavy atom. The molecule has 1 aromatic heterocycles. The highest BCUT2D eigenvalue weighted by Gasteiger charge is 2.23. The van der Waals surface area contributed by atoms with Gasteiger partial charge >= 0.3 is 6.09 Å². The minimum Gasteiger partial charge on any atom is -0.449 e. The summed E-state index contributed by atoms with van der Waals surface area (Å²) in [6, 6.07) is 14.0. The number of anilines is 1. The lowest BCUT2D eigenvalue weighted by molar-refractivity contribution is 0.0989. The number of carbonyl (C=O) groups is 1. The zero-order chi connectivity index (χ0) is 17.5. The molecule has 0 radical (unpaired) electrons. The molecule has 0 unspecified atom stereocenters. The van der Waals surface area contributed by atoms with Crippen LogP contribution in [0.5, 0.6) is 0 Å². The van der Waals surface area contributed by atoms with Crippen molar-refractivity contribution in [3.8, 4) is 11.3 Å². The number of nitrogens with zero attached hydrogens (tertiary/aromatic N) is 4. The van der Waals surface area contributed by atoms with Gasteiger partial charge in [-0.15, -0.1) is 10.2 Å². The van der Waals surface area contributed by atoms with Crippen LogP contribution in [0.2, 0.25) is 0 Å². The first-order valence-corrected chi connectivity index (χ1v) is 8.83. The summed E-state index contributed by atoms with van der Waals surface area (Å²) in [5.74, 6) is 0.846. The summed E-state index contributed by atoms with van der Waals surface area (Å²) >= 11 is 0. The van der Waals surface area contributed by atoms with Gasteiger partial charge < -0.3 is 14.5 Å². The zero-order valence-electron chi connectivity index (χ0n) is 14.6. The molecular formula is C19H24N4O2. The molecule has 6 heteroatoms. The maximum absolute atomic E-state index is 12.0. The van der Waals surface area contributed by atoms with Crippen molar-refractivity contribution in [3.05, 3.63) is 42.5 Å². The van der Waals surface area contributed by atoms with Crippen molar-refractivity contribution in [1.82, 2.24) is 15.1 Å². The second kappa shape index (κ2) is 8.46. The van der Waals surface area contributed by atoms with Gasteiger partial charge in [0.1, 0.15) is 0 Å². The van der Waals surface area contributed by atoms with Crippen LogP contribution >= 0.6 is 0 Å². The highest BCUT2D eigenvalue weighted by atomic mass is 16.6. The number of hydrogen-bond donors (Lipinski definition) is 0. The smallest absolute Gasteiger partial charge is 0.409 e. The minimum atomic E-state index is -0.210. The van der Waals surface area contributed by atoms with E-state index in [4.69, 9.17) is 4.74 Å². The van der Waals surface area contributed by atoms with Crippen molar-refractivity contribution in [2.24, 2.45) is 0 Å². The van der Waals surface area contributed by atoms with Crippen molar-refractivity contribution in [2.75, 3.05) is 37.7 Å². The lowest BCUT2D eigenvalue weighted by Crippen LogP contribution is -2.49. The van der Waals surface area contributed by atoms with Gasteiger partial charge in [0.05, 0.1) is 12.3 Å². The molecule has 1 aliphatic heterocycles. The van der Waals surface area contributed by atoms with Crippen LogP contribution in [0.25, 0.3) is 11.3 Å². The molecule has 2 aromatic rings. The molecule has 0 bridgehead atoms. The highest BCUT2D eigenvalue weighted by molar-refractivity contribution is 5.68. The SMILES string of the molecule is CCCCOC(=O)N1CCN(c2ccc(-c3ccccc3)nn2)CC1. The van der Waals surface area contributed by atoms with Gasteiger partial charge in [0.15, 0.2) is 5.82 Å². The Balaban J connectivity index is 1.54. The molecule has 0 saturated carbocycles. The van der Waals surface area contributed by atoms with Gasteiger partial charge in [0, 0.05) is 31.7 Å². The molecule has 0 N–H and O–H groups in total. The molecule has 1 amide bonds. The van der Waals surface area contributed by atoms with Crippen LogP contribution < -0.4 is 4.90 Å². The van der Waals surface area contributed by atoms with Crippen LogP contribution in [0.1, 0.15) is 19.8 Å². The van der Waals surface area contributed by atoms with Gasteiger partial charge in [-0.05, 0) is 18.6 Å². The summed E-state index contributed by atoms with van der Waals surface area (Å²) in [6.45, 7) is 5.35. The first-order valence-electron chi connectivity index (χ1n) is 8.83. The predicted molar refractivity (Wildman–Crippen MR) is 97.5 cm³/mol. The van der Waals surface area contributed by atoms with E-state index in [-0.39, 0.29) is 6.09 Å². The molecule has 2 heterocycles. The average Bonchev–Trinajstić information content (AvgIpc) is 2.69. The van der Waals surface area contributed by atoms with Crippen molar-refractivity contribution in [1.29, 1.82) is 0 Å². The van der Waals surface area contributed by atoms with Gasteiger partial charge in [0.25, 0.3) is 0 Å². The Labute approximate surface area is 148 Å². The summed E-state index contributed by atoms with van der Waals surface area (Å²) in [7, 11) is 0. The minimum absolute atomic E-state index is 0.210. The molecule has 1 aromatic carbocycles. The van der Waals surface area contributed by atoms with Crippen LogP contribution in [0.4, 0.5) is 10.6 Å². The highest BCUT2D eigenvalue weighted by Crippen LogP contribution is 2.19. The summed E-state index contributed by atoms with van der Waals surface area (Å²) in [5, 5.41) is 8.68. The molecule has 3 rings (SSSR count). The predicted octanol–water partition coefficient (Wildman–Crippen LogP) is 3.20. The Morgan fingerprint density at radius 2 is 1.80 bits per heavy atom. The van der Waals surface area contributed by atoms with Crippen LogP contribution in [0, 0.1) is 0 Å². The third-order valence-corrected chi connectivity index (χ3v) is 4.31. The van der Waals surface area contributed by atoms with Crippen molar-refractivity contribution in [2.45, 2.75) is 19.8 Å². The number of benzene rings is 1. The van der Waals surface area contributed by atoms with Gasteiger partial charge in [-0.1, -0.05) is 43.7 Å². The summed E-state index contributed by atoms with van der Waals surface area (Å²) in [4.78, 5) is 15.9. The third-order valence-electron chi connectivity index (χ3n) is 4.31.